The minimum Gasteiger partial charge on any atom is -0.457 e. The molecule has 32 heavy (non-hydrogen) atoms. The number of amides is 1. The lowest BCUT2D eigenvalue weighted by Crippen LogP contribution is -2.17. The van der Waals surface area contributed by atoms with E-state index in [4.69, 9.17) is 16.3 Å². The van der Waals surface area contributed by atoms with E-state index >= 15 is 0 Å². The fourth-order valence-corrected chi connectivity index (χ4v) is 3.83. The molecule has 0 heterocycles. The van der Waals surface area contributed by atoms with Crippen LogP contribution in [-0.4, -0.2) is 5.91 Å². The molecule has 4 aromatic rings. The lowest BCUT2D eigenvalue weighted by molar-refractivity contribution is -0.116. The van der Waals surface area contributed by atoms with Gasteiger partial charge in [-0.15, -0.1) is 0 Å². The first kappa shape index (κ1) is 21.7. The van der Waals surface area contributed by atoms with Gasteiger partial charge in [-0.05, 0) is 65.9 Å². The monoisotopic (exact) mass is 441 g/mol. The van der Waals surface area contributed by atoms with Gasteiger partial charge in [0.2, 0.25) is 5.91 Å². The Bertz CT molecular complexity index is 1140. The van der Waals surface area contributed by atoms with Crippen LogP contribution in [0.4, 0.5) is 5.69 Å². The van der Waals surface area contributed by atoms with Crippen molar-refractivity contribution in [2.75, 3.05) is 5.32 Å². The van der Waals surface area contributed by atoms with Crippen molar-refractivity contribution in [2.45, 2.75) is 18.8 Å². The van der Waals surface area contributed by atoms with Crippen LogP contribution in [0.1, 0.15) is 23.5 Å². The molecule has 4 heteroatoms. The van der Waals surface area contributed by atoms with Crippen molar-refractivity contribution in [2.24, 2.45) is 0 Å². The van der Waals surface area contributed by atoms with Crippen molar-refractivity contribution in [3.63, 3.8) is 0 Å². The SMILES string of the molecule is O=C(C[C@@H](Cc1ccccc1)c1ccc(Oc2ccccc2)cc1)Nc1cccc(Cl)c1. The summed E-state index contributed by atoms with van der Waals surface area (Å²) >= 11 is 6.05. The fourth-order valence-electron chi connectivity index (χ4n) is 3.64. The van der Waals surface area contributed by atoms with Gasteiger partial charge >= 0.3 is 0 Å². The molecular weight excluding hydrogens is 418 g/mol. The van der Waals surface area contributed by atoms with Gasteiger partial charge in [-0.3, -0.25) is 4.79 Å². The minimum absolute atomic E-state index is 0.0300. The maximum Gasteiger partial charge on any atom is 0.224 e. The number of hydrogen-bond acceptors (Lipinski definition) is 2. The number of nitrogens with one attached hydrogen (secondary N) is 1. The normalized spacial score (nSPS) is 11.5. The average molecular weight is 442 g/mol. The van der Waals surface area contributed by atoms with Crippen molar-refractivity contribution < 1.29 is 9.53 Å². The first-order chi connectivity index (χ1) is 15.7. The molecule has 3 nitrogen and oxygen atoms in total. The minimum atomic E-state index is -0.0437. The van der Waals surface area contributed by atoms with Gasteiger partial charge < -0.3 is 10.1 Å². The van der Waals surface area contributed by atoms with Crippen molar-refractivity contribution in [1.82, 2.24) is 0 Å². The number of carbonyl (C=O) groups excluding carboxylic acids is 1. The highest BCUT2D eigenvalue weighted by Gasteiger charge is 2.17. The molecule has 0 aliphatic carbocycles. The Kier molecular flexibility index (Phi) is 7.21. The molecule has 1 atom stereocenters. The quantitative estimate of drug-likeness (QED) is 0.307. The molecule has 0 saturated carbocycles. The summed E-state index contributed by atoms with van der Waals surface area (Å²) in [5, 5.41) is 3.56. The maximum atomic E-state index is 12.8. The van der Waals surface area contributed by atoms with Gasteiger partial charge in [0.25, 0.3) is 0 Å². The van der Waals surface area contributed by atoms with Crippen LogP contribution in [0.5, 0.6) is 11.5 Å². The number of carbonyl (C=O) groups is 1. The van der Waals surface area contributed by atoms with Gasteiger partial charge in [-0.25, -0.2) is 0 Å². The first-order valence-corrected chi connectivity index (χ1v) is 11.0. The standard InChI is InChI=1S/C28H24ClNO2/c29-24-10-7-11-25(20-24)30-28(31)19-23(18-21-8-3-1-4-9-21)22-14-16-27(17-15-22)32-26-12-5-2-6-13-26/h1-17,20,23H,18-19H2,(H,30,31)/t23-/m1/s1. The molecular formula is C28H24ClNO2. The zero-order valence-corrected chi connectivity index (χ0v) is 18.3. The third-order valence-corrected chi connectivity index (χ3v) is 5.43. The van der Waals surface area contributed by atoms with E-state index in [0.29, 0.717) is 17.1 Å². The number of hydrogen-bond donors (Lipinski definition) is 1. The van der Waals surface area contributed by atoms with Crippen LogP contribution >= 0.6 is 11.6 Å². The summed E-state index contributed by atoms with van der Waals surface area (Å²) in [6.07, 6.45) is 1.13. The lowest BCUT2D eigenvalue weighted by Gasteiger charge is -2.18. The van der Waals surface area contributed by atoms with Crippen LogP contribution in [0, 0.1) is 0 Å². The molecule has 0 bridgehead atoms. The Labute approximate surface area is 193 Å². The number of para-hydroxylation sites is 1. The number of halogens is 1. The highest BCUT2D eigenvalue weighted by Crippen LogP contribution is 2.29. The van der Waals surface area contributed by atoms with Crippen LogP contribution in [0.15, 0.2) is 109 Å². The Morgan fingerprint density at radius 3 is 2.12 bits per heavy atom. The van der Waals surface area contributed by atoms with Crippen molar-refractivity contribution in [3.8, 4) is 11.5 Å². The third kappa shape index (κ3) is 6.22. The fraction of sp³-hybridized carbons (Fsp3) is 0.107. The predicted octanol–water partition coefficient (Wildman–Crippen LogP) is 7.49. The van der Waals surface area contributed by atoms with Crippen LogP contribution in [0.25, 0.3) is 0 Å². The molecule has 0 aromatic heterocycles. The highest BCUT2D eigenvalue weighted by molar-refractivity contribution is 6.30. The van der Waals surface area contributed by atoms with Crippen LogP contribution < -0.4 is 10.1 Å². The van der Waals surface area contributed by atoms with Gasteiger partial charge in [-0.1, -0.05) is 78.3 Å². The molecule has 1 amide bonds. The van der Waals surface area contributed by atoms with E-state index in [1.54, 1.807) is 12.1 Å². The van der Waals surface area contributed by atoms with E-state index in [0.717, 1.165) is 23.5 Å². The first-order valence-electron chi connectivity index (χ1n) is 10.6. The topological polar surface area (TPSA) is 38.3 Å². The summed E-state index contributed by atoms with van der Waals surface area (Å²) < 4.78 is 5.91. The summed E-state index contributed by atoms with van der Waals surface area (Å²) in [5.41, 5.74) is 2.99. The molecule has 1 N–H and O–H groups in total. The number of rotatable bonds is 8. The second-order valence-corrected chi connectivity index (χ2v) is 8.07. The molecule has 0 aliphatic rings. The highest BCUT2D eigenvalue weighted by atomic mass is 35.5. The van der Waals surface area contributed by atoms with E-state index in [1.165, 1.54) is 5.56 Å². The molecule has 4 aromatic carbocycles. The van der Waals surface area contributed by atoms with E-state index in [2.05, 4.69) is 17.4 Å². The predicted molar refractivity (Wildman–Crippen MR) is 131 cm³/mol. The maximum absolute atomic E-state index is 12.8. The van der Waals surface area contributed by atoms with Crippen LogP contribution in [0.3, 0.4) is 0 Å². The molecule has 4 rings (SSSR count). The summed E-state index contributed by atoms with van der Waals surface area (Å²) in [7, 11) is 0. The van der Waals surface area contributed by atoms with Gasteiger partial charge in [0, 0.05) is 17.1 Å². The molecule has 0 aliphatic heterocycles. The molecule has 0 radical (unpaired) electrons. The van der Waals surface area contributed by atoms with Gasteiger partial charge in [0.05, 0.1) is 0 Å². The van der Waals surface area contributed by atoms with Crippen molar-refractivity contribution in [3.05, 3.63) is 125 Å². The van der Waals surface area contributed by atoms with E-state index < -0.39 is 0 Å². The van der Waals surface area contributed by atoms with Crippen LogP contribution in [-0.2, 0) is 11.2 Å². The Morgan fingerprint density at radius 1 is 0.781 bits per heavy atom. The molecule has 160 valence electrons. The zero-order valence-electron chi connectivity index (χ0n) is 17.6. The van der Waals surface area contributed by atoms with E-state index in [-0.39, 0.29) is 11.8 Å². The van der Waals surface area contributed by atoms with Crippen molar-refractivity contribution >= 4 is 23.2 Å². The summed E-state index contributed by atoms with van der Waals surface area (Å²) in [5.74, 6) is 1.55. The Morgan fingerprint density at radius 2 is 1.44 bits per heavy atom. The van der Waals surface area contributed by atoms with E-state index in [9.17, 15) is 4.79 Å². The largest absolute Gasteiger partial charge is 0.457 e. The van der Waals surface area contributed by atoms with Gasteiger partial charge in [-0.2, -0.15) is 0 Å². The Hall–Kier alpha value is -3.56. The second-order valence-electron chi connectivity index (χ2n) is 7.63. The van der Waals surface area contributed by atoms with Gasteiger partial charge in [0.15, 0.2) is 0 Å². The van der Waals surface area contributed by atoms with Crippen molar-refractivity contribution in [1.29, 1.82) is 0 Å². The average Bonchev–Trinajstić information content (AvgIpc) is 2.80. The van der Waals surface area contributed by atoms with Crippen LogP contribution in [0.2, 0.25) is 5.02 Å². The third-order valence-electron chi connectivity index (χ3n) is 5.20. The summed E-state index contributed by atoms with van der Waals surface area (Å²) in [6, 6.07) is 35.1. The van der Waals surface area contributed by atoms with Gasteiger partial charge in [0.1, 0.15) is 11.5 Å². The smallest absolute Gasteiger partial charge is 0.224 e. The summed E-state index contributed by atoms with van der Waals surface area (Å²) in [6.45, 7) is 0. The number of benzene rings is 4. The zero-order chi connectivity index (χ0) is 22.2. The summed E-state index contributed by atoms with van der Waals surface area (Å²) in [4.78, 5) is 12.8. The van der Waals surface area contributed by atoms with E-state index in [1.807, 2.05) is 84.9 Å². The number of anilines is 1. The Balaban J connectivity index is 1.50. The lowest BCUT2D eigenvalue weighted by atomic mass is 9.89. The molecule has 0 unspecified atom stereocenters. The molecule has 0 saturated heterocycles. The number of ether oxygens (including phenoxy) is 1. The second kappa shape index (κ2) is 10.7. The molecule has 0 spiro atoms. The molecule has 0 fully saturated rings.